The summed E-state index contributed by atoms with van der Waals surface area (Å²) >= 11 is 0. The van der Waals surface area contributed by atoms with E-state index in [0.717, 1.165) is 18.7 Å². The topological polar surface area (TPSA) is 101 Å². The van der Waals surface area contributed by atoms with E-state index in [2.05, 4.69) is 9.64 Å². The van der Waals surface area contributed by atoms with Crippen molar-refractivity contribution in [3.05, 3.63) is 27.8 Å². The zero-order valence-corrected chi connectivity index (χ0v) is 15.2. The van der Waals surface area contributed by atoms with E-state index in [9.17, 15) is 9.59 Å². The molecule has 3 N–H and O–H groups in total. The summed E-state index contributed by atoms with van der Waals surface area (Å²) in [5, 5.41) is 8.87. The maximum atomic E-state index is 15.3. The van der Waals surface area contributed by atoms with E-state index in [1.165, 1.54) is 6.20 Å². The van der Waals surface area contributed by atoms with Crippen molar-refractivity contribution in [2.24, 2.45) is 0 Å². The molecular weight excluding hydrogens is 355 g/mol. The molecule has 8 nitrogen and oxygen atoms in total. The molecule has 0 spiro atoms. The first-order valence-electron chi connectivity index (χ1n) is 8.82. The Kier molecular flexibility index (Phi) is 3.99. The Morgan fingerprint density at radius 1 is 1.33 bits per heavy atom. The summed E-state index contributed by atoms with van der Waals surface area (Å²) in [6, 6.07) is -0.0772. The molecule has 27 heavy (non-hydrogen) atoms. The van der Waals surface area contributed by atoms with Crippen LogP contribution in [0.25, 0.3) is 10.9 Å². The number of hydrogen-bond donors (Lipinski definition) is 2. The molecule has 1 unspecified atom stereocenters. The van der Waals surface area contributed by atoms with Gasteiger partial charge in [0.2, 0.25) is 5.43 Å². The molecule has 144 valence electrons. The molecule has 2 aliphatic rings. The molecule has 9 heteroatoms. The molecular formula is C18H21FN4O4. The molecule has 1 aromatic heterocycles. The Labute approximate surface area is 154 Å². The van der Waals surface area contributed by atoms with Crippen LogP contribution >= 0.6 is 0 Å². The fourth-order valence-corrected chi connectivity index (χ4v) is 4.11. The predicted molar refractivity (Wildman–Crippen MR) is 99.4 cm³/mol. The van der Waals surface area contributed by atoms with Crippen LogP contribution in [0, 0.1) is 5.82 Å². The van der Waals surface area contributed by atoms with Crippen LogP contribution in [0.15, 0.2) is 11.0 Å². The average Bonchev–Trinajstić information content (AvgIpc) is 2.92. The maximum Gasteiger partial charge on any atom is 0.511 e. The molecule has 3 heterocycles. The van der Waals surface area contributed by atoms with Crippen LogP contribution in [0.2, 0.25) is 0 Å². The number of carbonyl (C=O) groups is 1. The van der Waals surface area contributed by atoms with Crippen LogP contribution in [-0.4, -0.2) is 54.0 Å². The number of carboxylic acid groups (broad SMARTS) is 1. The van der Waals surface area contributed by atoms with Gasteiger partial charge >= 0.3 is 6.16 Å². The average molecular weight is 376 g/mol. The third kappa shape index (κ3) is 2.61. The molecule has 0 bridgehead atoms. The number of halogens is 1. The molecule has 0 saturated carbocycles. The number of nitrogens with zero attached hydrogens (tertiary/aromatic N) is 3. The van der Waals surface area contributed by atoms with E-state index in [-0.39, 0.29) is 22.9 Å². The van der Waals surface area contributed by atoms with Crippen molar-refractivity contribution in [1.29, 1.82) is 0 Å². The standard InChI is InChI=1S/C18H21FN4O4/c1-9-7-10-15-12(17(24)11(8-23(9)15)27-18(25)26)14(20)13(19)16(10)22-5-3-21(2)4-6-22/h8-9H,3-7,20H2,1-2H3,(H,25,26). The van der Waals surface area contributed by atoms with Crippen molar-refractivity contribution >= 4 is 28.4 Å². The number of hydrogen-bond acceptors (Lipinski definition) is 6. The van der Waals surface area contributed by atoms with Crippen LogP contribution in [0.4, 0.5) is 20.6 Å². The summed E-state index contributed by atoms with van der Waals surface area (Å²) in [7, 11) is 2.02. The van der Waals surface area contributed by atoms with Gasteiger partial charge in [-0.1, -0.05) is 0 Å². The van der Waals surface area contributed by atoms with Gasteiger partial charge in [0, 0.05) is 37.8 Å². The number of rotatable bonds is 2. The molecule has 0 radical (unpaired) electrons. The highest BCUT2D eigenvalue weighted by atomic mass is 19.1. The van der Waals surface area contributed by atoms with Gasteiger partial charge in [0.1, 0.15) is 0 Å². The SMILES string of the molecule is CC1Cc2c(N3CCN(C)CC3)c(F)c(N)c3c(=O)c(OC(=O)O)cn1c23. The lowest BCUT2D eigenvalue weighted by atomic mass is 10.0. The molecule has 4 rings (SSSR count). The minimum atomic E-state index is -1.60. The first-order valence-corrected chi connectivity index (χ1v) is 8.82. The zero-order chi connectivity index (χ0) is 19.5. The second kappa shape index (κ2) is 6.12. The summed E-state index contributed by atoms with van der Waals surface area (Å²) in [4.78, 5) is 27.8. The van der Waals surface area contributed by atoms with Gasteiger partial charge in [-0.25, -0.2) is 9.18 Å². The molecule has 2 aliphatic heterocycles. The van der Waals surface area contributed by atoms with E-state index in [1.54, 1.807) is 4.57 Å². The largest absolute Gasteiger partial charge is 0.511 e. The Balaban J connectivity index is 1.99. The summed E-state index contributed by atoms with van der Waals surface area (Å²) in [6.07, 6.45) is 0.314. The predicted octanol–water partition coefficient (Wildman–Crippen LogP) is 1.65. The van der Waals surface area contributed by atoms with Gasteiger partial charge in [0.25, 0.3) is 0 Å². The van der Waals surface area contributed by atoms with Gasteiger partial charge in [-0.15, -0.1) is 0 Å². The number of pyridine rings is 1. The Morgan fingerprint density at radius 3 is 2.63 bits per heavy atom. The highest BCUT2D eigenvalue weighted by Crippen LogP contribution is 2.43. The minimum absolute atomic E-state index is 0.0107. The summed E-state index contributed by atoms with van der Waals surface area (Å²) in [6.45, 7) is 4.89. The number of benzene rings is 1. The van der Waals surface area contributed by atoms with Crippen molar-refractivity contribution in [3.63, 3.8) is 0 Å². The van der Waals surface area contributed by atoms with Gasteiger partial charge < -0.3 is 29.9 Å². The van der Waals surface area contributed by atoms with Gasteiger partial charge in [-0.3, -0.25) is 4.79 Å². The fourth-order valence-electron chi connectivity index (χ4n) is 4.11. The minimum Gasteiger partial charge on any atom is -0.449 e. The van der Waals surface area contributed by atoms with Crippen molar-refractivity contribution in [3.8, 4) is 5.75 Å². The van der Waals surface area contributed by atoms with Crippen LogP contribution in [0.3, 0.4) is 0 Å². The number of aromatic nitrogens is 1. The molecule has 1 aromatic carbocycles. The Morgan fingerprint density at radius 2 is 2.00 bits per heavy atom. The number of anilines is 2. The highest BCUT2D eigenvalue weighted by Gasteiger charge is 2.33. The molecule has 1 atom stereocenters. The smallest absolute Gasteiger partial charge is 0.449 e. The van der Waals surface area contributed by atoms with Crippen molar-refractivity contribution in [1.82, 2.24) is 9.47 Å². The first kappa shape index (κ1) is 17.6. The molecule has 2 aromatic rings. The molecule has 1 saturated heterocycles. The molecule has 1 fully saturated rings. The third-order valence-corrected chi connectivity index (χ3v) is 5.48. The number of nitrogen functional groups attached to an aromatic ring is 1. The summed E-state index contributed by atoms with van der Waals surface area (Å²) in [5.41, 5.74) is 6.84. The number of likely N-dealkylation sites (N-methyl/N-ethyl adjacent to an activating group) is 1. The molecule has 0 amide bonds. The Bertz CT molecular complexity index is 1010. The van der Waals surface area contributed by atoms with Crippen molar-refractivity contribution < 1.29 is 19.0 Å². The van der Waals surface area contributed by atoms with Gasteiger partial charge in [-0.05, 0) is 20.4 Å². The lowest BCUT2D eigenvalue weighted by molar-refractivity contribution is 0.143. The van der Waals surface area contributed by atoms with E-state index in [4.69, 9.17) is 10.8 Å². The lowest BCUT2D eigenvalue weighted by Gasteiger charge is -2.35. The van der Waals surface area contributed by atoms with Crippen LogP contribution in [0.1, 0.15) is 18.5 Å². The van der Waals surface area contributed by atoms with E-state index in [0.29, 0.717) is 30.7 Å². The van der Waals surface area contributed by atoms with Gasteiger partial charge in [0.15, 0.2) is 11.6 Å². The Hall–Kier alpha value is -2.81. The second-order valence-electron chi connectivity index (χ2n) is 7.22. The monoisotopic (exact) mass is 376 g/mol. The molecule has 0 aliphatic carbocycles. The van der Waals surface area contributed by atoms with Crippen LogP contribution in [0.5, 0.6) is 5.75 Å². The quantitative estimate of drug-likeness (QED) is 0.607. The normalized spacial score (nSPS) is 19.7. The number of ether oxygens (including phenoxy) is 1. The van der Waals surface area contributed by atoms with E-state index in [1.807, 2.05) is 18.9 Å². The second-order valence-corrected chi connectivity index (χ2v) is 7.22. The maximum absolute atomic E-state index is 15.3. The zero-order valence-electron chi connectivity index (χ0n) is 15.2. The summed E-state index contributed by atoms with van der Waals surface area (Å²) in [5.74, 6) is -0.986. The lowest BCUT2D eigenvalue weighted by Crippen LogP contribution is -2.45. The van der Waals surface area contributed by atoms with E-state index >= 15 is 4.39 Å². The number of nitrogens with two attached hydrogens (primary N) is 1. The van der Waals surface area contributed by atoms with Gasteiger partial charge in [-0.2, -0.15) is 0 Å². The fraction of sp³-hybridized carbons (Fsp3) is 0.444. The summed E-state index contributed by atoms with van der Waals surface area (Å²) < 4.78 is 21.7. The highest BCUT2D eigenvalue weighted by molar-refractivity contribution is 5.99. The number of piperazine rings is 1. The van der Waals surface area contributed by atoms with Crippen LogP contribution < -0.4 is 20.8 Å². The first-order chi connectivity index (χ1) is 12.8. The van der Waals surface area contributed by atoms with Crippen molar-refractivity contribution in [2.75, 3.05) is 43.9 Å². The van der Waals surface area contributed by atoms with Crippen molar-refractivity contribution in [2.45, 2.75) is 19.4 Å². The van der Waals surface area contributed by atoms with Crippen LogP contribution in [-0.2, 0) is 6.42 Å². The van der Waals surface area contributed by atoms with Gasteiger partial charge in [0.05, 0.1) is 28.5 Å². The van der Waals surface area contributed by atoms with E-state index < -0.39 is 17.4 Å². The third-order valence-electron chi connectivity index (χ3n) is 5.48.